The van der Waals surface area contributed by atoms with E-state index in [0.717, 1.165) is 0 Å². The van der Waals surface area contributed by atoms with E-state index in [1.54, 1.807) is 9.80 Å². The van der Waals surface area contributed by atoms with Crippen LogP contribution in [0.4, 0.5) is 14.5 Å². The summed E-state index contributed by atoms with van der Waals surface area (Å²) in [5, 5.41) is 16.0. The van der Waals surface area contributed by atoms with Crippen LogP contribution in [0.25, 0.3) is 0 Å². The van der Waals surface area contributed by atoms with Gasteiger partial charge in [0, 0.05) is 56.7 Å². The molecule has 228 valence electrons. The largest absolute Gasteiger partial charge is 0.494 e. The number of H-pyrrole nitrogens is 1. The molecule has 43 heavy (non-hydrogen) atoms. The van der Waals surface area contributed by atoms with E-state index in [1.165, 1.54) is 43.6 Å². The van der Waals surface area contributed by atoms with Gasteiger partial charge in [-0.3, -0.25) is 14.4 Å². The summed E-state index contributed by atoms with van der Waals surface area (Å²) in [5.41, 5.74) is 1.03. The first-order chi connectivity index (χ1) is 20.7. The van der Waals surface area contributed by atoms with Crippen molar-refractivity contribution in [3.8, 4) is 5.75 Å². The average Bonchev–Trinajstić information content (AvgIpc) is 3.48. The Labute approximate surface area is 251 Å². The number of amides is 3. The Morgan fingerprint density at radius 2 is 1.86 bits per heavy atom. The first kappa shape index (κ1) is 30.4. The van der Waals surface area contributed by atoms with Crippen LogP contribution in [0.5, 0.6) is 5.75 Å². The minimum absolute atomic E-state index is 0.0297. The summed E-state index contributed by atoms with van der Waals surface area (Å²) >= 11 is 6.42. The van der Waals surface area contributed by atoms with Gasteiger partial charge in [-0.1, -0.05) is 17.7 Å². The number of piperidine rings is 1. The van der Waals surface area contributed by atoms with Gasteiger partial charge in [0.25, 0.3) is 11.8 Å². The summed E-state index contributed by atoms with van der Waals surface area (Å²) in [7, 11) is 1.24. The third-order valence-electron chi connectivity index (χ3n) is 7.67. The van der Waals surface area contributed by atoms with Gasteiger partial charge in [-0.25, -0.2) is 9.37 Å². The second-order valence-corrected chi connectivity index (χ2v) is 10.8. The molecule has 0 saturated carbocycles. The number of aliphatic hydroxyl groups excluding tert-OH is 1. The fourth-order valence-electron chi connectivity index (χ4n) is 5.26. The number of methoxy groups -OCH3 is 1. The van der Waals surface area contributed by atoms with Crippen molar-refractivity contribution in [2.75, 3.05) is 51.7 Å². The normalized spacial score (nSPS) is 18.8. The molecule has 0 spiro atoms. The van der Waals surface area contributed by atoms with Gasteiger partial charge in [-0.15, -0.1) is 0 Å². The number of ether oxygens (including phenoxy) is 1. The zero-order valence-corrected chi connectivity index (χ0v) is 24.1. The van der Waals surface area contributed by atoms with Crippen LogP contribution < -0.4 is 15.4 Å². The van der Waals surface area contributed by atoms with Crippen LogP contribution in [0.2, 0.25) is 5.02 Å². The van der Waals surface area contributed by atoms with E-state index in [2.05, 4.69) is 20.6 Å². The number of nitrogens with zero attached hydrogens (tertiary/aromatic N) is 3. The van der Waals surface area contributed by atoms with Gasteiger partial charge in [0.05, 0.1) is 29.7 Å². The number of hydrogen-bond donors (Lipinski definition) is 4. The highest BCUT2D eigenvalue weighted by molar-refractivity contribution is 6.34. The lowest BCUT2D eigenvalue weighted by molar-refractivity contribution is -0.141. The van der Waals surface area contributed by atoms with Crippen molar-refractivity contribution in [2.24, 2.45) is 5.92 Å². The monoisotopic (exact) mass is 616 g/mol. The van der Waals surface area contributed by atoms with Gasteiger partial charge < -0.3 is 35.3 Å². The molecule has 11 nitrogen and oxygen atoms in total. The number of aliphatic hydroxyl groups is 1. The van der Waals surface area contributed by atoms with Gasteiger partial charge in [0.1, 0.15) is 0 Å². The standard InChI is InChI=1S/C29H31ClF2N6O5/c1-43-23-5-2-16(24(31)25(23)32)12-18-14-34-26(35-18)27(40)36-17-3-4-19(21(30)13-17)28(41)37-8-10-38(11-9-37)29(42)20-6-7-33-15-22(20)39/h2-5,13-14,20,22,33,39H,6-12,15H2,1H3,(H,34,35)(H,36,40)/t20-,22+/m1/s1. The smallest absolute Gasteiger partial charge is 0.291 e. The van der Waals surface area contributed by atoms with Crippen molar-refractivity contribution >= 4 is 35.0 Å². The SMILES string of the molecule is COc1ccc(Cc2cnc(C(=O)Nc3ccc(C(=O)N4CCN(C(=O)[C@@H]5CCNC[C@@H]5O)CC4)c(Cl)c3)[nH]2)c(F)c1F. The molecular weight excluding hydrogens is 586 g/mol. The number of piperazine rings is 1. The number of hydrogen-bond acceptors (Lipinski definition) is 7. The number of halogens is 3. The molecule has 0 aliphatic carbocycles. The Kier molecular flexibility index (Phi) is 9.23. The summed E-state index contributed by atoms with van der Waals surface area (Å²) in [6.07, 6.45) is 1.18. The van der Waals surface area contributed by atoms with Crippen LogP contribution in [0, 0.1) is 17.6 Å². The number of β-amino-alcohol motifs (C(OH)–C–C–N with tert-alkyl or cyclic N) is 1. The molecule has 2 fully saturated rings. The van der Waals surface area contributed by atoms with E-state index in [9.17, 15) is 28.3 Å². The predicted octanol–water partition coefficient (Wildman–Crippen LogP) is 2.45. The number of benzene rings is 2. The Hall–Kier alpha value is -4.07. The summed E-state index contributed by atoms with van der Waals surface area (Å²) in [6, 6.07) is 7.21. The third kappa shape index (κ3) is 6.63. The Morgan fingerprint density at radius 3 is 2.56 bits per heavy atom. The quantitative estimate of drug-likeness (QED) is 0.320. The third-order valence-corrected chi connectivity index (χ3v) is 7.99. The maximum Gasteiger partial charge on any atom is 0.291 e. The van der Waals surface area contributed by atoms with Crippen molar-refractivity contribution < 1.29 is 33.0 Å². The minimum atomic E-state index is -1.10. The van der Waals surface area contributed by atoms with E-state index in [0.29, 0.717) is 57.1 Å². The van der Waals surface area contributed by atoms with E-state index >= 15 is 0 Å². The molecule has 14 heteroatoms. The number of anilines is 1. The average molecular weight is 617 g/mol. The lowest BCUT2D eigenvalue weighted by Gasteiger charge is -2.38. The molecule has 1 aromatic heterocycles. The Balaban J connectivity index is 1.16. The van der Waals surface area contributed by atoms with Crippen molar-refractivity contribution in [1.29, 1.82) is 0 Å². The van der Waals surface area contributed by atoms with Crippen molar-refractivity contribution in [3.05, 3.63) is 75.8 Å². The van der Waals surface area contributed by atoms with Crippen molar-refractivity contribution in [1.82, 2.24) is 25.1 Å². The van der Waals surface area contributed by atoms with Crippen molar-refractivity contribution in [2.45, 2.75) is 18.9 Å². The van der Waals surface area contributed by atoms with Crippen LogP contribution in [-0.2, 0) is 11.2 Å². The summed E-state index contributed by atoms with van der Waals surface area (Å²) < 4.78 is 33.1. The van der Waals surface area contributed by atoms with E-state index in [-0.39, 0.29) is 46.0 Å². The number of nitrogens with one attached hydrogen (secondary N) is 3. The number of rotatable bonds is 7. The maximum atomic E-state index is 14.3. The molecular formula is C29H31ClF2N6O5. The number of carbonyl (C=O) groups is 3. The molecule has 0 radical (unpaired) electrons. The Morgan fingerprint density at radius 1 is 1.12 bits per heavy atom. The van der Waals surface area contributed by atoms with Crippen LogP contribution >= 0.6 is 11.6 Å². The lowest BCUT2D eigenvalue weighted by atomic mass is 9.93. The summed E-state index contributed by atoms with van der Waals surface area (Å²) in [4.78, 5) is 48.9. The zero-order chi connectivity index (χ0) is 30.7. The highest BCUT2D eigenvalue weighted by Gasteiger charge is 2.34. The van der Waals surface area contributed by atoms with Gasteiger partial charge >= 0.3 is 0 Å². The number of aromatic nitrogens is 2. The molecule has 0 bridgehead atoms. The number of aromatic amines is 1. The number of imidazole rings is 1. The molecule has 5 rings (SSSR count). The second-order valence-electron chi connectivity index (χ2n) is 10.4. The summed E-state index contributed by atoms with van der Waals surface area (Å²) in [5.74, 6) is -3.82. The number of carbonyl (C=O) groups excluding carboxylic acids is 3. The highest BCUT2D eigenvalue weighted by atomic mass is 35.5. The summed E-state index contributed by atoms with van der Waals surface area (Å²) in [6.45, 7) is 2.44. The molecule has 3 heterocycles. The van der Waals surface area contributed by atoms with Crippen LogP contribution in [0.15, 0.2) is 36.5 Å². The van der Waals surface area contributed by atoms with Gasteiger partial charge in [0.15, 0.2) is 17.4 Å². The van der Waals surface area contributed by atoms with Crippen LogP contribution in [0.1, 0.15) is 38.7 Å². The molecule has 2 saturated heterocycles. The molecule has 3 aromatic rings. The highest BCUT2D eigenvalue weighted by Crippen LogP contribution is 2.26. The minimum Gasteiger partial charge on any atom is -0.494 e. The zero-order valence-electron chi connectivity index (χ0n) is 23.3. The molecule has 2 atom stereocenters. The Bertz CT molecular complexity index is 1530. The van der Waals surface area contributed by atoms with Gasteiger partial charge in [-0.2, -0.15) is 4.39 Å². The fraction of sp³-hybridized carbons (Fsp3) is 0.379. The molecule has 0 unspecified atom stereocenters. The topological polar surface area (TPSA) is 140 Å². The van der Waals surface area contributed by atoms with Gasteiger partial charge in [0.2, 0.25) is 11.7 Å². The van der Waals surface area contributed by atoms with Crippen LogP contribution in [0.3, 0.4) is 0 Å². The van der Waals surface area contributed by atoms with Crippen LogP contribution in [-0.4, -0.2) is 95.1 Å². The first-order valence-corrected chi connectivity index (χ1v) is 14.2. The van der Waals surface area contributed by atoms with Gasteiger partial charge in [-0.05, 0) is 42.8 Å². The molecule has 2 aliphatic heterocycles. The van der Waals surface area contributed by atoms with E-state index in [4.69, 9.17) is 16.3 Å². The first-order valence-electron chi connectivity index (χ1n) is 13.8. The maximum absolute atomic E-state index is 14.3. The molecule has 2 aliphatic rings. The van der Waals surface area contributed by atoms with E-state index in [1.807, 2.05) is 0 Å². The molecule has 2 aromatic carbocycles. The fourth-order valence-corrected chi connectivity index (χ4v) is 5.52. The predicted molar refractivity (Wildman–Crippen MR) is 153 cm³/mol. The molecule has 3 amide bonds. The lowest BCUT2D eigenvalue weighted by Crippen LogP contribution is -2.55. The van der Waals surface area contributed by atoms with E-state index < -0.39 is 29.6 Å². The van der Waals surface area contributed by atoms with Crippen molar-refractivity contribution in [3.63, 3.8) is 0 Å². The molecule has 4 N–H and O–H groups in total. The second kappa shape index (κ2) is 13.1.